The Hall–Kier alpha value is -1.33. The number of nitrogens with one attached hydrogen (secondary N) is 1. The first-order chi connectivity index (χ1) is 13.6. The Kier molecular flexibility index (Phi) is 5.35. The van der Waals surface area contributed by atoms with E-state index in [9.17, 15) is 14.1 Å². The van der Waals surface area contributed by atoms with Crippen LogP contribution in [0.15, 0.2) is 19.4 Å². The number of halogens is 1. The fourth-order valence-electron chi connectivity index (χ4n) is 4.01. The predicted molar refractivity (Wildman–Crippen MR) is 118 cm³/mol. The molecule has 29 heavy (non-hydrogen) atoms. The summed E-state index contributed by atoms with van der Waals surface area (Å²) in [4.78, 5) is 17.2. The van der Waals surface area contributed by atoms with E-state index in [2.05, 4.69) is 30.6 Å². The van der Waals surface area contributed by atoms with Gasteiger partial charge in [-0.25, -0.2) is 19.1 Å². The number of aliphatic hydroxyl groups is 1. The largest absolute Gasteiger partial charge is 0.385 e. The smallest absolute Gasteiger partial charge is 0.354 e. The molecule has 0 bridgehead atoms. The molecule has 0 radical (unpaired) electrons. The van der Waals surface area contributed by atoms with E-state index in [1.54, 1.807) is 13.8 Å². The number of aromatic nitrogens is 1. The number of rotatable bonds is 3. The molecule has 1 aromatic carbocycles. The number of nitrogens with two attached hydrogens (primary N) is 1. The summed E-state index contributed by atoms with van der Waals surface area (Å²) in [5, 5.41) is 18.8. The molecule has 0 spiro atoms. The predicted octanol–water partition coefficient (Wildman–Crippen LogP) is 4.04. The van der Waals surface area contributed by atoms with Crippen LogP contribution in [0.2, 0.25) is 0 Å². The lowest BCUT2D eigenvalue weighted by atomic mass is 9.99. The van der Waals surface area contributed by atoms with Gasteiger partial charge in [0.15, 0.2) is 9.92 Å². The number of fused-ring (bicyclic) bond motifs is 2. The van der Waals surface area contributed by atoms with E-state index in [4.69, 9.17) is 5.14 Å². The molecule has 4 N–H and O–H groups in total. The molecule has 10 heteroatoms. The zero-order valence-electron chi connectivity index (χ0n) is 16.2. The lowest BCUT2D eigenvalue weighted by Crippen LogP contribution is -2.19. The molecule has 1 aromatic heterocycles. The van der Waals surface area contributed by atoms with E-state index in [1.165, 1.54) is 21.8 Å². The normalized spacial score (nSPS) is 17.6. The van der Waals surface area contributed by atoms with Crippen LogP contribution in [-0.4, -0.2) is 20.3 Å². The Morgan fingerprint density at radius 1 is 1.24 bits per heavy atom. The molecule has 0 fully saturated rings. The van der Waals surface area contributed by atoms with Crippen LogP contribution in [0.1, 0.15) is 53.8 Å². The zero-order valence-corrected chi connectivity index (χ0v) is 19.5. The highest BCUT2D eigenvalue weighted by Gasteiger charge is 2.29. The fraction of sp³-hybridized carbons (Fsp3) is 0.474. The second kappa shape index (κ2) is 7.42. The third kappa shape index (κ3) is 3.88. The maximum Gasteiger partial charge on any atom is 0.354 e. The van der Waals surface area contributed by atoms with Crippen molar-refractivity contribution in [2.75, 3.05) is 5.32 Å². The molecule has 2 aliphatic rings. The van der Waals surface area contributed by atoms with Crippen molar-refractivity contribution in [3.63, 3.8) is 0 Å². The standard InChI is InChI=1S/C19H23BrN4O3S2/c1-19(2,26)14-9-22-18(28-14)29(21,27)24-17(25)23-16-12-7-3-5-10(12)15(20)11-6-4-8-13(11)16/h9,26H,3-8H2,1-2H3,(H3,21,23,24,25,27)/t29-/m1/s1. The number of hydrogen-bond acceptors (Lipinski definition) is 5. The molecule has 1 heterocycles. The van der Waals surface area contributed by atoms with Crippen LogP contribution in [0, 0.1) is 0 Å². The molecule has 0 saturated carbocycles. The van der Waals surface area contributed by atoms with Gasteiger partial charge in [-0.15, -0.1) is 15.7 Å². The average Bonchev–Trinajstić information content (AvgIpc) is 3.37. The van der Waals surface area contributed by atoms with Crippen LogP contribution < -0.4 is 10.5 Å². The molecule has 0 unspecified atom stereocenters. The van der Waals surface area contributed by atoms with Gasteiger partial charge in [-0.2, -0.15) is 0 Å². The van der Waals surface area contributed by atoms with E-state index in [0.717, 1.165) is 66.7 Å². The quantitative estimate of drug-likeness (QED) is 0.591. The highest BCUT2D eigenvalue weighted by atomic mass is 79.9. The van der Waals surface area contributed by atoms with Crippen molar-refractivity contribution in [3.05, 3.63) is 37.8 Å². The van der Waals surface area contributed by atoms with Gasteiger partial charge >= 0.3 is 6.03 Å². The van der Waals surface area contributed by atoms with Crippen molar-refractivity contribution >= 4 is 48.9 Å². The Morgan fingerprint density at radius 3 is 2.31 bits per heavy atom. The van der Waals surface area contributed by atoms with E-state index in [0.29, 0.717) is 4.88 Å². The monoisotopic (exact) mass is 498 g/mol. The van der Waals surface area contributed by atoms with E-state index in [1.807, 2.05) is 0 Å². The number of thiazole rings is 1. The van der Waals surface area contributed by atoms with Gasteiger partial charge < -0.3 is 10.4 Å². The summed E-state index contributed by atoms with van der Waals surface area (Å²) in [7, 11) is -3.51. The third-order valence-corrected chi connectivity index (χ3v) is 9.43. The highest BCUT2D eigenvalue weighted by molar-refractivity contribution is 9.10. The number of hydrogen-bond donors (Lipinski definition) is 3. The van der Waals surface area contributed by atoms with E-state index >= 15 is 0 Å². The van der Waals surface area contributed by atoms with Crippen molar-refractivity contribution in [1.82, 2.24) is 4.98 Å². The van der Waals surface area contributed by atoms with Crippen molar-refractivity contribution < 1.29 is 14.1 Å². The van der Waals surface area contributed by atoms with Crippen LogP contribution in [0.25, 0.3) is 0 Å². The van der Waals surface area contributed by atoms with Crippen molar-refractivity contribution in [1.29, 1.82) is 0 Å². The minimum absolute atomic E-state index is 0.0241. The van der Waals surface area contributed by atoms with Crippen molar-refractivity contribution in [2.24, 2.45) is 9.50 Å². The van der Waals surface area contributed by atoms with Crippen LogP contribution >= 0.6 is 27.3 Å². The number of carbonyl (C=O) groups is 1. The average molecular weight is 499 g/mol. The molecule has 2 amide bonds. The Bertz CT molecular complexity index is 1090. The number of urea groups is 1. The first-order valence-electron chi connectivity index (χ1n) is 9.47. The number of anilines is 1. The molecular formula is C19H23BrN4O3S2. The van der Waals surface area contributed by atoms with E-state index < -0.39 is 21.5 Å². The van der Waals surface area contributed by atoms with Gasteiger partial charge in [-0.1, -0.05) is 15.9 Å². The van der Waals surface area contributed by atoms with Crippen LogP contribution in [-0.2, 0) is 41.2 Å². The third-order valence-electron chi connectivity index (χ3n) is 5.36. The summed E-state index contributed by atoms with van der Waals surface area (Å²) < 4.78 is 17.8. The summed E-state index contributed by atoms with van der Waals surface area (Å²) in [6, 6.07) is -0.733. The molecule has 4 rings (SSSR count). The second-order valence-electron chi connectivity index (χ2n) is 7.95. The molecule has 2 aliphatic carbocycles. The number of nitrogens with zero attached hydrogens (tertiary/aromatic N) is 2. The summed E-state index contributed by atoms with van der Waals surface area (Å²) >= 11 is 4.75. The van der Waals surface area contributed by atoms with E-state index in [-0.39, 0.29) is 4.34 Å². The summed E-state index contributed by atoms with van der Waals surface area (Å²) in [5.74, 6) is 0. The maximum absolute atomic E-state index is 12.9. The molecule has 156 valence electrons. The summed E-state index contributed by atoms with van der Waals surface area (Å²) in [6.07, 6.45) is 7.26. The molecule has 7 nitrogen and oxygen atoms in total. The second-order valence-corrected chi connectivity index (χ2v) is 11.7. The topological polar surface area (TPSA) is 118 Å². The van der Waals surface area contributed by atoms with Gasteiger partial charge in [-0.05, 0) is 74.6 Å². The lowest BCUT2D eigenvalue weighted by molar-refractivity contribution is 0.0823. The SMILES string of the molecule is CC(C)(O)c1cnc([S@](N)(=O)=NC(=O)Nc2c3c(c(Br)c4c2CCC4)CCC3)s1. The minimum Gasteiger partial charge on any atom is -0.385 e. The molecule has 0 saturated heterocycles. The fourth-order valence-corrected chi connectivity index (χ4v) is 6.96. The number of amides is 2. The minimum atomic E-state index is -3.51. The first-order valence-corrected chi connectivity index (χ1v) is 12.7. The molecule has 2 aromatic rings. The molecule has 1 atom stereocenters. The Labute approximate surface area is 182 Å². The van der Waals surface area contributed by atoms with Crippen molar-refractivity contribution in [3.8, 4) is 0 Å². The zero-order chi connectivity index (χ0) is 21.0. The number of benzene rings is 1. The van der Waals surface area contributed by atoms with Gasteiger partial charge in [-0.3, -0.25) is 0 Å². The van der Waals surface area contributed by atoms with Gasteiger partial charge in [0.05, 0.1) is 10.5 Å². The van der Waals surface area contributed by atoms with Gasteiger partial charge in [0, 0.05) is 16.4 Å². The summed E-state index contributed by atoms with van der Waals surface area (Å²) in [5.41, 5.74) is 4.47. The maximum atomic E-state index is 12.9. The highest BCUT2D eigenvalue weighted by Crippen LogP contribution is 2.44. The van der Waals surface area contributed by atoms with Crippen LogP contribution in [0.3, 0.4) is 0 Å². The molecular weight excluding hydrogens is 476 g/mol. The van der Waals surface area contributed by atoms with Gasteiger partial charge in [0.1, 0.15) is 0 Å². The number of carbonyl (C=O) groups excluding carboxylic acids is 1. The Balaban J connectivity index is 1.67. The van der Waals surface area contributed by atoms with Gasteiger partial charge in [0.2, 0.25) is 4.34 Å². The van der Waals surface area contributed by atoms with Crippen LogP contribution in [0.4, 0.5) is 10.5 Å². The summed E-state index contributed by atoms with van der Waals surface area (Å²) in [6.45, 7) is 3.20. The molecule has 0 aliphatic heterocycles. The van der Waals surface area contributed by atoms with Gasteiger partial charge in [0.25, 0.3) is 0 Å². The first kappa shape index (κ1) is 20.9. The lowest BCUT2D eigenvalue weighted by Gasteiger charge is -2.17. The van der Waals surface area contributed by atoms with Crippen molar-refractivity contribution in [2.45, 2.75) is 62.3 Å². The van der Waals surface area contributed by atoms with Crippen LogP contribution in [0.5, 0.6) is 0 Å². The Morgan fingerprint density at radius 2 is 1.79 bits per heavy atom.